The first-order valence-corrected chi connectivity index (χ1v) is 17.5. The number of benzene rings is 2. The molecule has 1 N–H and O–H groups in total. The molecule has 0 aromatic heterocycles. The summed E-state index contributed by atoms with van der Waals surface area (Å²) in [4.78, 5) is 13.1. The number of aryl methyl sites for hydroxylation is 1. The molecule has 1 heterocycles. The highest BCUT2D eigenvalue weighted by atomic mass is 32.2. The molecule has 0 amide bonds. The number of sulfonamides is 1. The molecule has 206 valence electrons. The number of hydrogen-bond donors (Lipinski definition) is 1. The third-order valence-corrected chi connectivity index (χ3v) is 12.6. The summed E-state index contributed by atoms with van der Waals surface area (Å²) in [5.41, 5.74) is 6.77. The van der Waals surface area contributed by atoms with Crippen molar-refractivity contribution in [2.45, 2.75) is 37.8 Å². The van der Waals surface area contributed by atoms with Crippen LogP contribution in [0.3, 0.4) is 0 Å². The molecule has 39 heavy (non-hydrogen) atoms. The number of nitrogens with one attached hydrogen (secondary N) is 1. The normalized spacial score (nSPS) is 16.0. The minimum atomic E-state index is -3.93. The Morgan fingerprint density at radius 2 is 1.82 bits per heavy atom. The predicted octanol–water partition coefficient (Wildman–Crippen LogP) is 2.35. The summed E-state index contributed by atoms with van der Waals surface area (Å²) in [6.07, 6.45) is 6.44. The highest BCUT2D eigenvalue weighted by molar-refractivity contribution is 7.89. The second kappa shape index (κ2) is 10.7. The Kier molecular flexibility index (Phi) is 7.89. The van der Waals surface area contributed by atoms with Crippen molar-refractivity contribution in [2.24, 2.45) is 0 Å². The van der Waals surface area contributed by atoms with Crippen molar-refractivity contribution in [3.8, 4) is 0 Å². The van der Waals surface area contributed by atoms with E-state index in [4.69, 9.17) is 0 Å². The maximum Gasteiger partial charge on any atom is 0.241 e. The number of fused-ring (bicyclic) bond motifs is 2. The van der Waals surface area contributed by atoms with Gasteiger partial charge in [-0.1, -0.05) is 31.3 Å². The van der Waals surface area contributed by atoms with E-state index in [1.165, 1.54) is 10.4 Å². The number of rotatable bonds is 8. The van der Waals surface area contributed by atoms with Crippen LogP contribution in [0.5, 0.6) is 0 Å². The van der Waals surface area contributed by atoms with E-state index in [2.05, 4.69) is 63.7 Å². The largest absolute Gasteiger partial charge is 0.550 e. The zero-order valence-corrected chi connectivity index (χ0v) is 25.6. The van der Waals surface area contributed by atoms with Gasteiger partial charge in [-0.3, -0.25) is 0 Å². The number of allylic oxidation sites excluding steroid dienone is 5. The number of aliphatic carboxylic acids is 1. The molecule has 0 saturated heterocycles. The minimum absolute atomic E-state index is 0.0184. The van der Waals surface area contributed by atoms with E-state index < -0.39 is 24.1 Å². The van der Waals surface area contributed by atoms with E-state index in [1.807, 2.05) is 41.2 Å². The van der Waals surface area contributed by atoms with Crippen LogP contribution in [0, 0.1) is 6.92 Å². The van der Waals surface area contributed by atoms with Crippen LogP contribution < -0.4 is 19.9 Å². The van der Waals surface area contributed by atoms with E-state index in [0.29, 0.717) is 5.56 Å². The van der Waals surface area contributed by atoms with Gasteiger partial charge in [0.05, 0.1) is 4.90 Å². The van der Waals surface area contributed by atoms with Gasteiger partial charge in [0.25, 0.3) is 0 Å². The topological polar surface area (TPSA) is 92.5 Å². The van der Waals surface area contributed by atoms with Crippen LogP contribution in [0.1, 0.15) is 29.5 Å². The molecule has 9 heteroatoms. The van der Waals surface area contributed by atoms with Crippen molar-refractivity contribution in [3.63, 3.8) is 0 Å². The molecule has 7 nitrogen and oxygen atoms in total. The molecule has 0 fully saturated rings. The van der Waals surface area contributed by atoms with Crippen molar-refractivity contribution in [1.29, 1.82) is 0 Å². The Bertz CT molecular complexity index is 1580. The fraction of sp³-hybridized carbons (Fsp3) is 0.333. The summed E-state index contributed by atoms with van der Waals surface area (Å²) in [6, 6.07) is 11.8. The number of carboxylic acids is 1. The molecule has 0 radical (unpaired) electrons. The monoisotopic (exact) mass is 563 g/mol. The standard InChI is InChI=1S/C30H37N3O4SSi/c1-20-10-8-11-25(38(36,37)31-17-9-12-28(34)35)29(20)30-23-15-13-21(32(2)3)18-26(23)39(6,7)27-19-22(33(4)5)14-16-24(27)30/h8,10-11,13-16,18-19,31H,9,12,17H2,1-7H3. The van der Waals surface area contributed by atoms with Crippen LogP contribution in [-0.4, -0.2) is 67.5 Å². The van der Waals surface area contributed by atoms with E-state index in [1.54, 1.807) is 12.1 Å². The molecule has 2 aromatic rings. The van der Waals surface area contributed by atoms with E-state index in [9.17, 15) is 18.3 Å². The van der Waals surface area contributed by atoms with E-state index in [0.717, 1.165) is 33.7 Å². The van der Waals surface area contributed by atoms with Crippen molar-refractivity contribution < 1.29 is 22.9 Å². The molecule has 0 atom stereocenters. The fourth-order valence-electron chi connectivity index (χ4n) is 5.35. The zero-order chi connectivity index (χ0) is 28.7. The summed E-state index contributed by atoms with van der Waals surface area (Å²) in [7, 11) is 2.00. The Morgan fingerprint density at radius 1 is 1.10 bits per heavy atom. The van der Waals surface area contributed by atoms with Crippen molar-refractivity contribution >= 4 is 46.2 Å². The van der Waals surface area contributed by atoms with Gasteiger partial charge in [-0.2, -0.15) is 0 Å². The second-order valence-corrected chi connectivity index (χ2v) is 17.1. The number of carbonyl (C=O) groups is 1. The Hall–Kier alpha value is -3.27. The molecule has 1 aliphatic carbocycles. The van der Waals surface area contributed by atoms with Gasteiger partial charge < -0.3 is 14.8 Å². The van der Waals surface area contributed by atoms with Crippen LogP contribution in [0.4, 0.5) is 5.69 Å². The molecular formula is C30H37N3O4SSi. The summed E-state index contributed by atoms with van der Waals surface area (Å²) in [5.74, 6) is -1.20. The fourth-order valence-corrected chi connectivity index (χ4v) is 9.78. The highest BCUT2D eigenvalue weighted by Crippen LogP contribution is 2.44. The summed E-state index contributed by atoms with van der Waals surface area (Å²) in [6.45, 7) is 6.67. The molecule has 0 spiro atoms. The quantitative estimate of drug-likeness (QED) is 0.303. The third-order valence-electron chi connectivity index (χ3n) is 7.55. The van der Waals surface area contributed by atoms with Crippen molar-refractivity contribution in [2.75, 3.05) is 39.6 Å². The third kappa shape index (κ3) is 5.43. The first kappa shape index (κ1) is 28.7. The second-order valence-electron chi connectivity index (χ2n) is 11.1. The van der Waals surface area contributed by atoms with Gasteiger partial charge in [0.1, 0.15) is 22.2 Å². The lowest BCUT2D eigenvalue weighted by atomic mass is 9.87. The number of anilines is 1. The molecule has 0 unspecified atom stereocenters. The summed E-state index contributed by atoms with van der Waals surface area (Å²) in [5, 5.41) is 13.4. The van der Waals surface area contributed by atoms with Crippen LogP contribution in [0.2, 0.25) is 13.1 Å². The van der Waals surface area contributed by atoms with Crippen LogP contribution in [0.15, 0.2) is 70.3 Å². The molecule has 4 rings (SSSR count). The lowest BCUT2D eigenvalue weighted by Gasteiger charge is -2.38. The average Bonchev–Trinajstić information content (AvgIpc) is 2.87. The maximum atomic E-state index is 13.6. The molecule has 2 aliphatic rings. The van der Waals surface area contributed by atoms with Gasteiger partial charge in [0.15, 0.2) is 5.71 Å². The number of nitrogens with zero attached hydrogens (tertiary/aromatic N) is 2. The molecule has 1 aliphatic heterocycles. The SMILES string of the molecule is Cc1cccc(S(=O)(=O)NCCCC(=O)[O-])c1C1=C2C=CC(=[N+](C)C)C=C2[Si](C)(C)c2cc(N(C)C)ccc21. The molecule has 2 aromatic carbocycles. The maximum absolute atomic E-state index is 13.6. The van der Waals surface area contributed by atoms with Gasteiger partial charge in [-0.15, -0.1) is 0 Å². The summed E-state index contributed by atoms with van der Waals surface area (Å²) < 4.78 is 32.0. The van der Waals surface area contributed by atoms with Crippen LogP contribution >= 0.6 is 0 Å². The lowest BCUT2D eigenvalue weighted by Crippen LogP contribution is -2.50. The van der Waals surface area contributed by atoms with Gasteiger partial charge in [-0.25, -0.2) is 17.7 Å². The first-order valence-electron chi connectivity index (χ1n) is 13.1. The predicted molar refractivity (Wildman–Crippen MR) is 159 cm³/mol. The van der Waals surface area contributed by atoms with Crippen LogP contribution in [-0.2, 0) is 14.8 Å². The Morgan fingerprint density at radius 3 is 2.46 bits per heavy atom. The van der Waals surface area contributed by atoms with Crippen LogP contribution in [0.25, 0.3) is 5.57 Å². The Balaban J connectivity index is 2.01. The van der Waals surface area contributed by atoms with Crippen molar-refractivity contribution in [3.05, 3.63) is 82.1 Å². The zero-order valence-electron chi connectivity index (χ0n) is 23.8. The van der Waals surface area contributed by atoms with Crippen molar-refractivity contribution in [1.82, 2.24) is 4.72 Å². The highest BCUT2D eigenvalue weighted by Gasteiger charge is 2.41. The molecule has 0 bridgehead atoms. The number of carboxylic acid groups (broad SMARTS) is 1. The van der Waals surface area contributed by atoms with Gasteiger partial charge in [-0.05, 0) is 76.7 Å². The first-order chi connectivity index (χ1) is 18.3. The minimum Gasteiger partial charge on any atom is -0.550 e. The number of carbonyl (C=O) groups excluding carboxylic acids is 1. The van der Waals surface area contributed by atoms with Gasteiger partial charge in [0, 0.05) is 50.0 Å². The smallest absolute Gasteiger partial charge is 0.241 e. The molecular weight excluding hydrogens is 527 g/mol. The molecule has 0 saturated carbocycles. The lowest BCUT2D eigenvalue weighted by molar-refractivity contribution is -0.462. The van der Waals surface area contributed by atoms with E-state index >= 15 is 0 Å². The van der Waals surface area contributed by atoms with E-state index in [-0.39, 0.29) is 24.3 Å². The van der Waals surface area contributed by atoms with Gasteiger partial charge in [0.2, 0.25) is 10.0 Å². The summed E-state index contributed by atoms with van der Waals surface area (Å²) >= 11 is 0. The average molecular weight is 564 g/mol. The number of hydrogen-bond acceptors (Lipinski definition) is 5. The Labute approximate surface area is 232 Å². The van der Waals surface area contributed by atoms with Gasteiger partial charge >= 0.3 is 0 Å².